The van der Waals surface area contributed by atoms with Gasteiger partial charge in [0.1, 0.15) is 0 Å². The zero-order chi connectivity index (χ0) is 8.27. The van der Waals surface area contributed by atoms with E-state index in [4.69, 9.17) is 5.11 Å². The van der Waals surface area contributed by atoms with Crippen LogP contribution in [0, 0.1) is 0 Å². The number of aryl methyl sites for hydroxylation is 1. The molecule has 0 aliphatic rings. The van der Waals surface area contributed by atoms with Gasteiger partial charge in [-0.1, -0.05) is 0 Å². The molecule has 0 saturated carbocycles. The third-order valence-electron chi connectivity index (χ3n) is 1.63. The summed E-state index contributed by atoms with van der Waals surface area (Å²) in [5.41, 5.74) is 2.10. The highest BCUT2D eigenvalue weighted by atomic mass is 16.3. The number of nitrogens with zero attached hydrogens (tertiary/aromatic N) is 1. The van der Waals surface area contributed by atoms with E-state index in [1.807, 2.05) is 42.9 Å². The maximum absolute atomic E-state index is 8.75. The summed E-state index contributed by atoms with van der Waals surface area (Å²) in [5.74, 6) is 0. The minimum Gasteiger partial charge on any atom is -0.392 e. The van der Waals surface area contributed by atoms with Crippen LogP contribution in [0.2, 0.25) is 0 Å². The Hall–Kier alpha value is -1.02. The van der Waals surface area contributed by atoms with Crippen LogP contribution in [-0.2, 0) is 7.05 Å². The van der Waals surface area contributed by atoms with Crippen LogP contribution >= 0.6 is 0 Å². The fourth-order valence-corrected chi connectivity index (χ4v) is 0.922. The molecule has 0 radical (unpaired) electrons. The second-order valence-electron chi connectivity index (χ2n) is 2.69. The first kappa shape index (κ1) is 8.08. The van der Waals surface area contributed by atoms with Gasteiger partial charge in [0.25, 0.3) is 0 Å². The van der Waals surface area contributed by atoms with Crippen molar-refractivity contribution in [2.45, 2.75) is 6.92 Å². The lowest BCUT2D eigenvalue weighted by Crippen LogP contribution is -1.90. The maximum Gasteiger partial charge on any atom is 0.0642 e. The monoisotopic (exact) mass is 151 g/mol. The van der Waals surface area contributed by atoms with E-state index < -0.39 is 0 Å². The molecule has 0 saturated heterocycles. The van der Waals surface area contributed by atoms with Crippen LogP contribution in [0.1, 0.15) is 12.6 Å². The molecule has 0 bridgehead atoms. The number of aliphatic hydroxyl groups excluding tert-OH is 1. The third kappa shape index (κ3) is 1.95. The molecule has 0 aliphatic heterocycles. The highest BCUT2D eigenvalue weighted by molar-refractivity contribution is 5.49. The average Bonchev–Trinajstić information content (AvgIpc) is 2.37. The highest BCUT2D eigenvalue weighted by Gasteiger charge is 1.92. The molecule has 0 amide bonds. The molecule has 11 heavy (non-hydrogen) atoms. The molecule has 2 heteroatoms. The van der Waals surface area contributed by atoms with Gasteiger partial charge in [-0.2, -0.15) is 0 Å². The van der Waals surface area contributed by atoms with E-state index in [2.05, 4.69) is 0 Å². The summed E-state index contributed by atoms with van der Waals surface area (Å²) in [7, 11) is 1.98. The lowest BCUT2D eigenvalue weighted by Gasteiger charge is -1.97. The zero-order valence-corrected chi connectivity index (χ0v) is 6.91. The summed E-state index contributed by atoms with van der Waals surface area (Å²) in [6.45, 7) is 2.04. The van der Waals surface area contributed by atoms with Gasteiger partial charge < -0.3 is 9.67 Å². The summed E-state index contributed by atoms with van der Waals surface area (Å²) >= 11 is 0. The van der Waals surface area contributed by atoms with E-state index in [-0.39, 0.29) is 6.61 Å². The van der Waals surface area contributed by atoms with Crippen LogP contribution in [0.4, 0.5) is 0 Å². The van der Waals surface area contributed by atoms with Crippen molar-refractivity contribution in [1.82, 2.24) is 4.57 Å². The lowest BCUT2D eigenvalue weighted by atomic mass is 10.2. The molecule has 0 fully saturated rings. The van der Waals surface area contributed by atoms with Gasteiger partial charge in [-0.15, -0.1) is 0 Å². The molecular formula is C9H13NO. The minimum absolute atomic E-state index is 0.130. The molecule has 0 unspecified atom stereocenters. The first-order chi connectivity index (χ1) is 5.24. The first-order valence-electron chi connectivity index (χ1n) is 3.63. The summed E-state index contributed by atoms with van der Waals surface area (Å²) in [6.07, 6.45) is 3.95. The quantitative estimate of drug-likeness (QED) is 0.679. The smallest absolute Gasteiger partial charge is 0.0642 e. The van der Waals surface area contributed by atoms with Crippen LogP contribution in [0.25, 0.3) is 6.08 Å². The van der Waals surface area contributed by atoms with Gasteiger partial charge >= 0.3 is 0 Å². The fourth-order valence-electron chi connectivity index (χ4n) is 0.922. The van der Waals surface area contributed by atoms with Crippen molar-refractivity contribution in [3.05, 3.63) is 29.6 Å². The lowest BCUT2D eigenvalue weighted by molar-refractivity contribution is 0.332. The van der Waals surface area contributed by atoms with E-state index in [9.17, 15) is 0 Å². The Balaban J connectivity index is 2.86. The fraction of sp³-hybridized carbons (Fsp3) is 0.333. The molecule has 0 atom stereocenters. The topological polar surface area (TPSA) is 25.2 Å². The first-order valence-corrected chi connectivity index (χ1v) is 3.63. The Morgan fingerprint density at radius 2 is 2.45 bits per heavy atom. The van der Waals surface area contributed by atoms with E-state index in [0.717, 1.165) is 11.3 Å². The van der Waals surface area contributed by atoms with E-state index in [1.54, 1.807) is 0 Å². The van der Waals surface area contributed by atoms with E-state index >= 15 is 0 Å². The van der Waals surface area contributed by atoms with Gasteiger partial charge in [-0.05, 0) is 30.7 Å². The van der Waals surface area contributed by atoms with Gasteiger partial charge in [0.15, 0.2) is 0 Å². The molecule has 1 rings (SSSR count). The van der Waals surface area contributed by atoms with Gasteiger partial charge in [-0.3, -0.25) is 0 Å². The Kier molecular flexibility index (Phi) is 2.49. The SMILES string of the molecule is CC(=Cc1cccn1C)CO. The Morgan fingerprint density at radius 1 is 1.73 bits per heavy atom. The Bertz CT molecular complexity index is 260. The van der Waals surface area contributed by atoms with Crippen LogP contribution in [0.5, 0.6) is 0 Å². The Morgan fingerprint density at radius 3 is 2.91 bits per heavy atom. The largest absolute Gasteiger partial charge is 0.392 e. The highest BCUT2D eigenvalue weighted by Crippen LogP contribution is 2.05. The molecule has 0 aliphatic carbocycles. The summed E-state index contributed by atoms with van der Waals surface area (Å²) in [5, 5.41) is 8.75. The van der Waals surface area contributed by atoms with Crippen LogP contribution in [0.15, 0.2) is 23.9 Å². The molecule has 1 heterocycles. The maximum atomic E-state index is 8.75. The molecule has 1 N–H and O–H groups in total. The predicted octanol–water partition coefficient (Wildman–Crippen LogP) is 1.42. The number of aromatic nitrogens is 1. The zero-order valence-electron chi connectivity index (χ0n) is 6.91. The normalized spacial score (nSPS) is 12.1. The summed E-state index contributed by atoms with van der Waals surface area (Å²) in [4.78, 5) is 0. The van der Waals surface area contributed by atoms with Crippen molar-refractivity contribution in [2.75, 3.05) is 6.61 Å². The van der Waals surface area contributed by atoms with Gasteiger partial charge in [0.2, 0.25) is 0 Å². The van der Waals surface area contributed by atoms with E-state index in [0.29, 0.717) is 0 Å². The van der Waals surface area contributed by atoms with Crippen LogP contribution in [-0.4, -0.2) is 16.3 Å². The Labute approximate surface area is 66.8 Å². The van der Waals surface area contributed by atoms with Crippen molar-refractivity contribution in [2.24, 2.45) is 7.05 Å². The van der Waals surface area contributed by atoms with E-state index in [1.165, 1.54) is 0 Å². The second-order valence-corrected chi connectivity index (χ2v) is 2.69. The molecule has 0 aromatic carbocycles. The second kappa shape index (κ2) is 3.39. The molecule has 1 aromatic rings. The van der Waals surface area contributed by atoms with Crippen molar-refractivity contribution in [1.29, 1.82) is 0 Å². The van der Waals surface area contributed by atoms with Crippen LogP contribution in [0.3, 0.4) is 0 Å². The molecule has 60 valence electrons. The van der Waals surface area contributed by atoms with Gasteiger partial charge in [0.05, 0.1) is 6.61 Å². The summed E-state index contributed by atoms with van der Waals surface area (Å²) in [6, 6.07) is 4.00. The van der Waals surface area contributed by atoms with Crippen molar-refractivity contribution in [3.63, 3.8) is 0 Å². The number of rotatable bonds is 2. The molecular weight excluding hydrogens is 138 g/mol. The number of aliphatic hydroxyl groups is 1. The van der Waals surface area contributed by atoms with Crippen LogP contribution < -0.4 is 0 Å². The summed E-state index contributed by atoms with van der Waals surface area (Å²) < 4.78 is 2.01. The van der Waals surface area contributed by atoms with Crippen molar-refractivity contribution >= 4 is 6.08 Å². The third-order valence-corrected chi connectivity index (χ3v) is 1.63. The van der Waals surface area contributed by atoms with Crippen molar-refractivity contribution in [3.8, 4) is 0 Å². The standard InChI is InChI=1S/C9H13NO/c1-8(7-11)6-9-4-3-5-10(9)2/h3-6,11H,7H2,1-2H3. The molecule has 0 spiro atoms. The van der Waals surface area contributed by atoms with Gasteiger partial charge in [-0.25, -0.2) is 0 Å². The number of hydrogen-bond acceptors (Lipinski definition) is 1. The number of hydrogen-bond donors (Lipinski definition) is 1. The molecule has 1 aromatic heterocycles. The predicted molar refractivity (Wildman–Crippen MR) is 46.1 cm³/mol. The minimum atomic E-state index is 0.130. The molecule has 2 nitrogen and oxygen atoms in total. The van der Waals surface area contributed by atoms with Crippen molar-refractivity contribution < 1.29 is 5.11 Å². The average molecular weight is 151 g/mol. The van der Waals surface area contributed by atoms with Gasteiger partial charge in [0, 0.05) is 18.9 Å².